The molecule has 2 rings (SSSR count). The minimum absolute atomic E-state index is 0.137. The van der Waals surface area contributed by atoms with Crippen LogP contribution in [0.2, 0.25) is 0 Å². The number of H-pyrrole nitrogens is 1. The lowest BCUT2D eigenvalue weighted by Crippen LogP contribution is -2.44. The number of aromatic amines is 1. The van der Waals surface area contributed by atoms with Crippen molar-refractivity contribution in [2.75, 3.05) is 17.7 Å². The Kier molecular flexibility index (Phi) is 3.05. The van der Waals surface area contributed by atoms with Crippen molar-refractivity contribution in [3.63, 3.8) is 0 Å². The van der Waals surface area contributed by atoms with E-state index in [1.54, 1.807) is 0 Å². The molecule has 1 aliphatic carbocycles. The molecule has 5 nitrogen and oxygen atoms in total. The molecule has 1 heterocycles. The summed E-state index contributed by atoms with van der Waals surface area (Å²) < 4.78 is 0. The van der Waals surface area contributed by atoms with Gasteiger partial charge in [0.2, 0.25) is 0 Å². The molecular formula is C11H20N4O. The third-order valence-electron chi connectivity index (χ3n) is 3.35. The molecule has 0 unspecified atom stereocenters. The number of nitrogens with two attached hydrogens (primary N) is 1. The number of aryl methyl sites for hydroxylation is 1. The summed E-state index contributed by atoms with van der Waals surface area (Å²) in [5.41, 5.74) is 5.58. The van der Waals surface area contributed by atoms with Crippen molar-refractivity contribution in [3.8, 4) is 0 Å². The van der Waals surface area contributed by atoms with Gasteiger partial charge in [-0.15, -0.1) is 0 Å². The van der Waals surface area contributed by atoms with Crippen LogP contribution in [0, 0.1) is 6.92 Å². The van der Waals surface area contributed by atoms with Crippen LogP contribution in [0.3, 0.4) is 0 Å². The van der Waals surface area contributed by atoms with Crippen LogP contribution in [0.4, 0.5) is 11.6 Å². The number of nitrogens with zero attached hydrogens (tertiary/aromatic N) is 1. The average Bonchev–Trinajstić information content (AvgIpc) is 2.59. The average molecular weight is 224 g/mol. The van der Waals surface area contributed by atoms with Gasteiger partial charge >= 0.3 is 0 Å². The lowest BCUT2D eigenvalue weighted by Gasteiger charge is -2.36. The van der Waals surface area contributed by atoms with E-state index in [4.69, 9.17) is 5.73 Å². The third kappa shape index (κ3) is 2.14. The minimum atomic E-state index is -0.228. The molecule has 90 valence electrons. The molecule has 5 N–H and O–H groups in total. The molecule has 0 aromatic carbocycles. The van der Waals surface area contributed by atoms with Crippen LogP contribution in [-0.4, -0.2) is 27.2 Å². The van der Waals surface area contributed by atoms with Gasteiger partial charge in [0.25, 0.3) is 0 Å². The van der Waals surface area contributed by atoms with Crippen molar-refractivity contribution in [2.45, 2.75) is 44.6 Å². The summed E-state index contributed by atoms with van der Waals surface area (Å²) in [4.78, 5) is 7.26. The predicted molar refractivity (Wildman–Crippen MR) is 64.3 cm³/mol. The van der Waals surface area contributed by atoms with Gasteiger partial charge in [0.05, 0.1) is 12.1 Å². The van der Waals surface area contributed by atoms with E-state index in [2.05, 4.69) is 15.3 Å². The zero-order valence-corrected chi connectivity index (χ0v) is 9.71. The fourth-order valence-electron chi connectivity index (χ4n) is 2.41. The van der Waals surface area contributed by atoms with Crippen LogP contribution >= 0.6 is 0 Å². The van der Waals surface area contributed by atoms with E-state index in [0.29, 0.717) is 11.6 Å². The van der Waals surface area contributed by atoms with Crippen molar-refractivity contribution in [2.24, 2.45) is 0 Å². The normalized spacial score (nSPS) is 19.6. The molecule has 0 atom stereocenters. The topological polar surface area (TPSA) is 87.0 Å². The number of imidazole rings is 1. The van der Waals surface area contributed by atoms with Crippen molar-refractivity contribution in [1.29, 1.82) is 0 Å². The first kappa shape index (κ1) is 11.3. The summed E-state index contributed by atoms with van der Waals surface area (Å²) in [6.07, 6.45) is 5.51. The van der Waals surface area contributed by atoms with Gasteiger partial charge in [-0.05, 0) is 19.8 Å². The number of aromatic nitrogens is 2. The Balaban J connectivity index is 2.14. The van der Waals surface area contributed by atoms with Gasteiger partial charge in [-0.25, -0.2) is 4.98 Å². The number of nitrogen functional groups attached to an aromatic ring is 1. The van der Waals surface area contributed by atoms with E-state index in [1.807, 2.05) is 6.92 Å². The minimum Gasteiger partial charge on any atom is -0.394 e. The van der Waals surface area contributed by atoms with E-state index in [-0.39, 0.29) is 12.1 Å². The molecular weight excluding hydrogens is 204 g/mol. The largest absolute Gasteiger partial charge is 0.394 e. The number of rotatable bonds is 3. The van der Waals surface area contributed by atoms with E-state index in [0.717, 1.165) is 31.5 Å². The predicted octanol–water partition coefficient (Wildman–Crippen LogP) is 1.41. The molecule has 0 spiro atoms. The summed E-state index contributed by atoms with van der Waals surface area (Å²) in [6.45, 7) is 2.01. The highest BCUT2D eigenvalue weighted by molar-refractivity contribution is 5.58. The molecule has 1 saturated carbocycles. The van der Waals surface area contributed by atoms with Crippen LogP contribution in [-0.2, 0) is 0 Å². The smallest absolute Gasteiger partial charge is 0.169 e. The Morgan fingerprint density at radius 1 is 1.44 bits per heavy atom. The van der Waals surface area contributed by atoms with Gasteiger partial charge in [0.15, 0.2) is 5.82 Å². The quantitative estimate of drug-likeness (QED) is 0.625. The maximum Gasteiger partial charge on any atom is 0.169 e. The first-order valence-electron chi connectivity index (χ1n) is 5.86. The highest BCUT2D eigenvalue weighted by Gasteiger charge is 2.32. The van der Waals surface area contributed by atoms with Crippen LogP contribution in [0.1, 0.15) is 37.9 Å². The fraction of sp³-hybridized carbons (Fsp3) is 0.727. The first-order chi connectivity index (χ1) is 7.65. The van der Waals surface area contributed by atoms with Crippen LogP contribution in [0.25, 0.3) is 0 Å². The first-order valence-corrected chi connectivity index (χ1v) is 5.86. The Hall–Kier alpha value is -1.23. The van der Waals surface area contributed by atoms with Crippen molar-refractivity contribution >= 4 is 11.6 Å². The zero-order valence-electron chi connectivity index (χ0n) is 9.71. The van der Waals surface area contributed by atoms with Crippen LogP contribution in [0.15, 0.2) is 0 Å². The van der Waals surface area contributed by atoms with Crippen molar-refractivity contribution < 1.29 is 5.11 Å². The second kappa shape index (κ2) is 4.33. The number of aliphatic hydroxyl groups excluding tert-OH is 1. The summed E-state index contributed by atoms with van der Waals surface area (Å²) in [5.74, 6) is 2.02. The highest BCUT2D eigenvalue weighted by Crippen LogP contribution is 2.32. The van der Waals surface area contributed by atoms with Gasteiger partial charge in [0.1, 0.15) is 11.6 Å². The SMILES string of the molecule is Cc1nc(NC2(CO)CCCCC2)c(N)[nH]1. The number of hydrogen-bond acceptors (Lipinski definition) is 4. The zero-order chi connectivity index (χ0) is 11.6. The lowest BCUT2D eigenvalue weighted by atomic mass is 9.82. The molecule has 1 aliphatic rings. The summed E-state index contributed by atoms with van der Waals surface area (Å²) in [6, 6.07) is 0. The summed E-state index contributed by atoms with van der Waals surface area (Å²) in [5, 5.41) is 12.9. The molecule has 5 heteroatoms. The third-order valence-corrected chi connectivity index (χ3v) is 3.35. The lowest BCUT2D eigenvalue weighted by molar-refractivity contribution is 0.172. The fourth-order valence-corrected chi connectivity index (χ4v) is 2.41. The number of nitrogens with one attached hydrogen (secondary N) is 2. The maximum atomic E-state index is 9.56. The Morgan fingerprint density at radius 2 is 2.12 bits per heavy atom. The molecule has 1 aromatic rings. The molecule has 0 aliphatic heterocycles. The Bertz CT molecular complexity index is 355. The maximum absolute atomic E-state index is 9.56. The van der Waals surface area contributed by atoms with Crippen LogP contribution in [0.5, 0.6) is 0 Å². The number of aliphatic hydroxyl groups is 1. The molecule has 16 heavy (non-hydrogen) atoms. The Morgan fingerprint density at radius 3 is 2.62 bits per heavy atom. The van der Waals surface area contributed by atoms with Crippen molar-refractivity contribution in [3.05, 3.63) is 5.82 Å². The van der Waals surface area contributed by atoms with E-state index >= 15 is 0 Å². The Labute approximate surface area is 95.5 Å². The second-order valence-corrected chi connectivity index (χ2v) is 4.71. The van der Waals surface area contributed by atoms with E-state index < -0.39 is 0 Å². The highest BCUT2D eigenvalue weighted by atomic mass is 16.3. The van der Waals surface area contributed by atoms with Gasteiger partial charge < -0.3 is 21.1 Å². The summed E-state index contributed by atoms with van der Waals surface area (Å²) in [7, 11) is 0. The number of hydrogen-bond donors (Lipinski definition) is 4. The molecule has 0 amide bonds. The molecule has 0 radical (unpaired) electrons. The molecule has 0 bridgehead atoms. The van der Waals surface area contributed by atoms with Crippen LogP contribution < -0.4 is 11.1 Å². The molecule has 0 saturated heterocycles. The van der Waals surface area contributed by atoms with Gasteiger partial charge in [-0.3, -0.25) is 0 Å². The molecule has 1 aromatic heterocycles. The van der Waals surface area contributed by atoms with E-state index in [9.17, 15) is 5.11 Å². The number of anilines is 2. The summed E-state index contributed by atoms with van der Waals surface area (Å²) >= 11 is 0. The van der Waals surface area contributed by atoms with Gasteiger partial charge in [-0.2, -0.15) is 0 Å². The van der Waals surface area contributed by atoms with Gasteiger partial charge in [-0.1, -0.05) is 19.3 Å². The monoisotopic (exact) mass is 224 g/mol. The second-order valence-electron chi connectivity index (χ2n) is 4.71. The standard InChI is InChI=1S/C11H20N4O/c1-8-13-9(12)10(14-8)15-11(7-16)5-3-2-4-6-11/h15-16H,2-7,12H2,1H3,(H,13,14). The molecule has 1 fully saturated rings. The van der Waals surface area contributed by atoms with Gasteiger partial charge in [0, 0.05) is 0 Å². The van der Waals surface area contributed by atoms with Crippen molar-refractivity contribution in [1.82, 2.24) is 9.97 Å². The van der Waals surface area contributed by atoms with E-state index in [1.165, 1.54) is 6.42 Å².